The first kappa shape index (κ1) is 16.6. The third kappa shape index (κ3) is 3.33. The summed E-state index contributed by atoms with van der Waals surface area (Å²) in [5.41, 5.74) is 0. The highest BCUT2D eigenvalue weighted by molar-refractivity contribution is 8.00. The minimum Gasteiger partial charge on any atom is -0.428 e. The average Bonchev–Trinajstić information content (AvgIpc) is 3.17. The largest absolute Gasteiger partial charge is 0.428 e. The van der Waals surface area contributed by atoms with Crippen LogP contribution in [0.5, 0.6) is 0 Å². The molecule has 0 amide bonds. The van der Waals surface area contributed by atoms with E-state index in [1.54, 1.807) is 12.1 Å². The van der Waals surface area contributed by atoms with Crippen LogP contribution in [0.25, 0.3) is 10.8 Å². The molecular weight excluding hydrogens is 374 g/mol. The molecule has 0 unspecified atom stereocenters. The molecule has 4 nitrogen and oxygen atoms in total. The summed E-state index contributed by atoms with van der Waals surface area (Å²) in [7, 11) is -3.76. The number of aromatic nitrogens is 1. The van der Waals surface area contributed by atoms with Crippen molar-refractivity contribution in [3.63, 3.8) is 0 Å². The Morgan fingerprint density at radius 3 is 2.61 bits per heavy atom. The molecule has 0 saturated heterocycles. The first-order chi connectivity index (χ1) is 11.0. The highest BCUT2D eigenvalue weighted by Crippen LogP contribution is 2.36. The second kappa shape index (κ2) is 6.68. The van der Waals surface area contributed by atoms with Gasteiger partial charge in [0.05, 0.1) is 9.77 Å². The van der Waals surface area contributed by atoms with E-state index in [4.69, 9.17) is 16.0 Å². The lowest BCUT2D eigenvalue weighted by Gasteiger charge is -2.02. The van der Waals surface area contributed by atoms with Crippen LogP contribution >= 0.6 is 34.7 Å². The third-order valence-corrected chi connectivity index (χ3v) is 6.70. The van der Waals surface area contributed by atoms with Crippen molar-refractivity contribution in [3.05, 3.63) is 46.8 Å². The van der Waals surface area contributed by atoms with Crippen LogP contribution < -0.4 is 0 Å². The van der Waals surface area contributed by atoms with Crippen molar-refractivity contribution in [2.45, 2.75) is 21.9 Å². The van der Waals surface area contributed by atoms with Crippen LogP contribution in [0.1, 0.15) is 6.92 Å². The molecule has 0 atom stereocenters. The highest BCUT2D eigenvalue weighted by Gasteiger charge is 2.28. The summed E-state index contributed by atoms with van der Waals surface area (Å²) in [5.74, 6) is 1.01. The lowest BCUT2D eigenvalue weighted by Crippen LogP contribution is -2.03. The van der Waals surface area contributed by atoms with E-state index in [0.29, 0.717) is 21.8 Å². The molecule has 0 aliphatic carbocycles. The molecule has 3 aromatic rings. The van der Waals surface area contributed by atoms with Crippen LogP contribution in [0.15, 0.2) is 61.2 Å². The number of benzene rings is 1. The van der Waals surface area contributed by atoms with Crippen LogP contribution in [0.2, 0.25) is 5.02 Å². The van der Waals surface area contributed by atoms with Gasteiger partial charge in [0, 0.05) is 5.02 Å². The first-order valence-corrected chi connectivity index (χ1v) is 10.4. The normalized spacial score (nSPS) is 11.7. The molecule has 1 aromatic carbocycles. The molecule has 23 heavy (non-hydrogen) atoms. The maximum Gasteiger partial charge on any atom is 0.238 e. The molecule has 0 N–H and O–H groups in total. The molecule has 0 aliphatic rings. The summed E-state index contributed by atoms with van der Waals surface area (Å²) in [6.07, 6.45) is 0. The van der Waals surface area contributed by atoms with Crippen LogP contribution in [0.3, 0.4) is 0 Å². The van der Waals surface area contributed by atoms with E-state index in [0.717, 1.165) is 4.88 Å². The number of hydrogen-bond donors (Lipinski definition) is 0. The lowest BCUT2D eigenvalue weighted by atomic mass is 10.4. The number of thiophene rings is 1. The van der Waals surface area contributed by atoms with Gasteiger partial charge in [0.2, 0.25) is 25.8 Å². The van der Waals surface area contributed by atoms with Crippen molar-refractivity contribution in [2.24, 2.45) is 0 Å². The Bertz CT molecular complexity index is 900. The number of halogens is 1. The minimum absolute atomic E-state index is 0.0462. The zero-order valence-corrected chi connectivity index (χ0v) is 15.2. The predicted octanol–water partition coefficient (Wildman–Crippen LogP) is 5.00. The molecule has 120 valence electrons. The maximum atomic E-state index is 12.8. The number of nitrogens with zero attached hydrogens (tertiary/aromatic N) is 1. The number of rotatable bonds is 5. The standard InChI is InChI=1S/C15H12ClNO3S3/c1-2-21-15-14(17-13(20-15)12-4-3-9-22-12)23(18,19)11-7-5-10(16)6-8-11/h3-9H,2H2,1H3. The van der Waals surface area contributed by atoms with Crippen molar-refractivity contribution in [2.75, 3.05) is 5.75 Å². The summed E-state index contributed by atoms with van der Waals surface area (Å²) < 4.78 is 31.4. The fourth-order valence-electron chi connectivity index (χ4n) is 1.92. The van der Waals surface area contributed by atoms with Crippen LogP contribution in [0.4, 0.5) is 0 Å². The van der Waals surface area contributed by atoms with Crippen molar-refractivity contribution >= 4 is 44.5 Å². The van der Waals surface area contributed by atoms with Crippen LogP contribution in [-0.2, 0) is 9.84 Å². The van der Waals surface area contributed by atoms with Crippen LogP contribution in [-0.4, -0.2) is 19.2 Å². The van der Waals surface area contributed by atoms with Gasteiger partial charge in [-0.3, -0.25) is 0 Å². The van der Waals surface area contributed by atoms with E-state index < -0.39 is 9.84 Å². The second-order valence-corrected chi connectivity index (χ2v) is 8.97. The summed E-state index contributed by atoms with van der Waals surface area (Å²) in [6.45, 7) is 1.93. The van der Waals surface area contributed by atoms with Crippen molar-refractivity contribution in [1.29, 1.82) is 0 Å². The molecule has 0 saturated carbocycles. The van der Waals surface area contributed by atoms with Gasteiger partial charge >= 0.3 is 0 Å². The summed E-state index contributed by atoms with van der Waals surface area (Å²) in [5, 5.41) is 2.63. The molecule has 3 rings (SSSR count). The van der Waals surface area contributed by atoms with Crippen molar-refractivity contribution in [1.82, 2.24) is 4.98 Å². The predicted molar refractivity (Wildman–Crippen MR) is 93.1 cm³/mol. The Kier molecular flexibility index (Phi) is 4.82. The Morgan fingerprint density at radius 1 is 1.26 bits per heavy atom. The zero-order valence-electron chi connectivity index (χ0n) is 12.0. The van der Waals surface area contributed by atoms with Gasteiger partial charge in [-0.05, 0) is 41.5 Å². The molecular formula is C15H12ClNO3S3. The number of oxazole rings is 1. The molecule has 2 heterocycles. The SMILES string of the molecule is CCSc1oc(-c2cccs2)nc1S(=O)(=O)c1ccc(Cl)cc1. The average molecular weight is 386 g/mol. The Hall–Kier alpha value is -1.28. The van der Waals surface area contributed by atoms with Gasteiger partial charge in [-0.15, -0.1) is 11.3 Å². The van der Waals surface area contributed by atoms with Gasteiger partial charge in [0.1, 0.15) is 0 Å². The maximum absolute atomic E-state index is 12.8. The molecule has 0 bridgehead atoms. The Morgan fingerprint density at radius 2 is 2.00 bits per heavy atom. The van der Waals surface area contributed by atoms with Gasteiger partial charge in [-0.25, -0.2) is 8.42 Å². The smallest absolute Gasteiger partial charge is 0.238 e. The highest BCUT2D eigenvalue weighted by atomic mass is 35.5. The van der Waals surface area contributed by atoms with E-state index in [1.165, 1.54) is 35.2 Å². The van der Waals surface area contributed by atoms with Gasteiger partial charge in [0.15, 0.2) is 0 Å². The van der Waals surface area contributed by atoms with Gasteiger partial charge in [-0.1, -0.05) is 36.4 Å². The quantitative estimate of drug-likeness (QED) is 0.578. The van der Waals surface area contributed by atoms with Gasteiger partial charge < -0.3 is 4.42 Å². The summed E-state index contributed by atoms with van der Waals surface area (Å²) >= 11 is 8.59. The molecule has 0 spiro atoms. The van der Waals surface area contributed by atoms with Crippen molar-refractivity contribution in [3.8, 4) is 10.8 Å². The van der Waals surface area contributed by atoms with E-state index in [9.17, 15) is 8.42 Å². The van der Waals surface area contributed by atoms with E-state index >= 15 is 0 Å². The first-order valence-electron chi connectivity index (χ1n) is 6.70. The second-order valence-electron chi connectivity index (χ2n) is 4.48. The van der Waals surface area contributed by atoms with Crippen LogP contribution in [0, 0.1) is 0 Å². The van der Waals surface area contributed by atoms with E-state index in [1.807, 2.05) is 24.4 Å². The Labute approximate surface area is 147 Å². The van der Waals surface area contributed by atoms with E-state index in [-0.39, 0.29) is 9.92 Å². The molecule has 8 heteroatoms. The minimum atomic E-state index is -3.76. The fraction of sp³-hybridized carbons (Fsp3) is 0.133. The Balaban J connectivity index is 2.12. The van der Waals surface area contributed by atoms with Crippen molar-refractivity contribution < 1.29 is 12.8 Å². The fourth-order valence-corrected chi connectivity index (χ4v) is 4.95. The summed E-state index contributed by atoms with van der Waals surface area (Å²) in [4.78, 5) is 5.18. The number of thioether (sulfide) groups is 1. The van der Waals surface area contributed by atoms with Gasteiger partial charge in [0.25, 0.3) is 0 Å². The monoisotopic (exact) mass is 385 g/mol. The van der Waals surface area contributed by atoms with Gasteiger partial charge in [-0.2, -0.15) is 4.98 Å². The molecule has 0 aliphatic heterocycles. The number of hydrogen-bond acceptors (Lipinski definition) is 6. The molecule has 2 aromatic heterocycles. The summed E-state index contributed by atoms with van der Waals surface area (Å²) in [6, 6.07) is 9.73. The molecule has 0 fully saturated rings. The third-order valence-electron chi connectivity index (χ3n) is 2.95. The van der Waals surface area contributed by atoms with E-state index in [2.05, 4.69) is 4.98 Å². The number of sulfone groups is 1. The topological polar surface area (TPSA) is 60.2 Å². The zero-order chi connectivity index (χ0) is 16.4. The molecule has 0 radical (unpaired) electrons. The lowest BCUT2D eigenvalue weighted by molar-refractivity contribution is 0.471.